The molecule has 30 heavy (non-hydrogen) atoms. The maximum Gasteiger partial charge on any atom is 0.211 e. The molecule has 2 heteroatoms. The monoisotopic (exact) mass is 383 g/mol. The fourth-order valence-electron chi connectivity index (χ4n) is 4.17. The SMILES string of the molecule is O=C(c1ccc2cc3ccccc3cc2c1)c1ccc2cc3ccccc3cc2n1. The highest BCUT2D eigenvalue weighted by molar-refractivity contribution is 6.11. The Balaban J connectivity index is 1.45. The van der Waals surface area contributed by atoms with Crippen molar-refractivity contribution in [2.45, 2.75) is 0 Å². The molecular formula is C28H17NO. The second-order valence-electron chi connectivity index (χ2n) is 7.68. The van der Waals surface area contributed by atoms with Crippen LogP contribution < -0.4 is 0 Å². The van der Waals surface area contributed by atoms with Crippen molar-refractivity contribution >= 4 is 49.0 Å². The van der Waals surface area contributed by atoms with Crippen molar-refractivity contribution in [3.8, 4) is 0 Å². The Hall–Kier alpha value is -4.04. The zero-order chi connectivity index (χ0) is 20.1. The maximum absolute atomic E-state index is 13.2. The molecule has 1 aromatic heterocycles. The standard InChI is InChI=1S/C28H17NO/c30-28(24-10-9-22-13-18-5-1-2-7-20(18)15-25(22)16-24)26-12-11-23-14-19-6-3-4-8-21(19)17-27(23)29-26/h1-17H. The minimum absolute atomic E-state index is 0.0554. The van der Waals surface area contributed by atoms with Gasteiger partial charge in [0.15, 0.2) is 0 Å². The van der Waals surface area contributed by atoms with Crippen LogP contribution in [0.1, 0.15) is 16.1 Å². The van der Waals surface area contributed by atoms with Gasteiger partial charge in [-0.25, -0.2) is 4.98 Å². The highest BCUT2D eigenvalue weighted by Crippen LogP contribution is 2.26. The van der Waals surface area contributed by atoms with Crippen LogP contribution in [0, 0.1) is 0 Å². The molecule has 0 spiro atoms. The Morgan fingerprint density at radius 3 is 1.73 bits per heavy atom. The van der Waals surface area contributed by atoms with Crippen molar-refractivity contribution in [2.75, 3.05) is 0 Å². The molecule has 0 N–H and O–H groups in total. The largest absolute Gasteiger partial charge is 0.287 e. The Morgan fingerprint density at radius 2 is 1.03 bits per heavy atom. The Kier molecular flexibility index (Phi) is 3.65. The molecule has 0 saturated carbocycles. The van der Waals surface area contributed by atoms with Crippen molar-refractivity contribution in [1.82, 2.24) is 4.98 Å². The summed E-state index contributed by atoms with van der Waals surface area (Å²) in [6, 6.07) is 34.6. The number of carbonyl (C=O) groups excluding carboxylic acids is 1. The van der Waals surface area contributed by atoms with Gasteiger partial charge < -0.3 is 0 Å². The Bertz CT molecular complexity index is 1490. The molecule has 0 aliphatic rings. The molecule has 0 radical (unpaired) electrons. The molecule has 6 aromatic rings. The van der Waals surface area contributed by atoms with E-state index in [2.05, 4.69) is 47.4 Å². The van der Waals surface area contributed by atoms with Gasteiger partial charge in [0.05, 0.1) is 5.52 Å². The van der Waals surface area contributed by atoms with E-state index in [-0.39, 0.29) is 5.78 Å². The first-order chi connectivity index (χ1) is 14.7. The molecule has 0 bridgehead atoms. The first kappa shape index (κ1) is 16.9. The lowest BCUT2D eigenvalue weighted by Gasteiger charge is -2.07. The summed E-state index contributed by atoms with van der Waals surface area (Å²) in [7, 11) is 0. The van der Waals surface area contributed by atoms with E-state index in [1.807, 2.05) is 60.7 Å². The van der Waals surface area contributed by atoms with Gasteiger partial charge in [-0.05, 0) is 68.7 Å². The number of hydrogen-bond acceptors (Lipinski definition) is 2. The van der Waals surface area contributed by atoms with Crippen molar-refractivity contribution in [1.29, 1.82) is 0 Å². The molecule has 0 aliphatic carbocycles. The number of fused-ring (bicyclic) bond motifs is 4. The van der Waals surface area contributed by atoms with Crippen LogP contribution in [0.2, 0.25) is 0 Å². The van der Waals surface area contributed by atoms with E-state index >= 15 is 0 Å². The number of carbonyl (C=O) groups is 1. The number of pyridine rings is 1. The molecule has 1 heterocycles. The molecule has 5 aromatic carbocycles. The summed E-state index contributed by atoms with van der Waals surface area (Å²) < 4.78 is 0. The Morgan fingerprint density at radius 1 is 0.500 bits per heavy atom. The lowest BCUT2D eigenvalue weighted by molar-refractivity contribution is 0.103. The van der Waals surface area contributed by atoms with Crippen LogP contribution in [0.4, 0.5) is 0 Å². The van der Waals surface area contributed by atoms with E-state index in [0.717, 1.165) is 27.1 Å². The molecule has 0 unspecified atom stereocenters. The molecule has 6 rings (SSSR count). The molecule has 0 amide bonds. The number of nitrogens with zero attached hydrogens (tertiary/aromatic N) is 1. The molecule has 140 valence electrons. The van der Waals surface area contributed by atoms with Gasteiger partial charge >= 0.3 is 0 Å². The summed E-state index contributed by atoms with van der Waals surface area (Å²) >= 11 is 0. The van der Waals surface area contributed by atoms with Crippen LogP contribution in [0.25, 0.3) is 43.2 Å². The van der Waals surface area contributed by atoms with Crippen LogP contribution in [0.5, 0.6) is 0 Å². The molecule has 0 aliphatic heterocycles. The van der Waals surface area contributed by atoms with E-state index in [1.165, 1.54) is 16.2 Å². The molecule has 0 saturated heterocycles. The lowest BCUT2D eigenvalue weighted by atomic mass is 9.99. The van der Waals surface area contributed by atoms with Gasteiger partial charge in [-0.15, -0.1) is 0 Å². The van der Waals surface area contributed by atoms with Crippen LogP contribution in [-0.4, -0.2) is 10.8 Å². The smallest absolute Gasteiger partial charge is 0.211 e. The van der Waals surface area contributed by atoms with E-state index in [4.69, 9.17) is 0 Å². The second-order valence-corrected chi connectivity index (χ2v) is 7.68. The van der Waals surface area contributed by atoms with Gasteiger partial charge in [0.25, 0.3) is 0 Å². The maximum atomic E-state index is 13.2. The highest BCUT2D eigenvalue weighted by atomic mass is 16.1. The van der Waals surface area contributed by atoms with Crippen molar-refractivity contribution in [3.63, 3.8) is 0 Å². The van der Waals surface area contributed by atoms with Gasteiger partial charge in [-0.3, -0.25) is 4.79 Å². The first-order valence-corrected chi connectivity index (χ1v) is 10.0. The summed E-state index contributed by atoms with van der Waals surface area (Å²) in [5.74, 6) is -0.0554. The molecule has 2 nitrogen and oxygen atoms in total. The average molecular weight is 383 g/mol. The minimum atomic E-state index is -0.0554. The van der Waals surface area contributed by atoms with E-state index in [0.29, 0.717) is 11.3 Å². The summed E-state index contributed by atoms with van der Waals surface area (Å²) in [6.07, 6.45) is 0. The summed E-state index contributed by atoms with van der Waals surface area (Å²) in [5.41, 5.74) is 1.97. The number of aromatic nitrogens is 1. The number of ketones is 1. The van der Waals surface area contributed by atoms with Crippen molar-refractivity contribution < 1.29 is 4.79 Å². The van der Waals surface area contributed by atoms with Crippen molar-refractivity contribution in [2.24, 2.45) is 0 Å². The van der Waals surface area contributed by atoms with Gasteiger partial charge in [0, 0.05) is 10.9 Å². The minimum Gasteiger partial charge on any atom is -0.287 e. The fourth-order valence-corrected chi connectivity index (χ4v) is 4.17. The fraction of sp³-hybridized carbons (Fsp3) is 0. The van der Waals surface area contributed by atoms with Gasteiger partial charge in [-0.1, -0.05) is 66.7 Å². The summed E-state index contributed by atoms with van der Waals surface area (Å²) in [4.78, 5) is 17.9. The third-order valence-electron chi connectivity index (χ3n) is 5.76. The van der Waals surface area contributed by atoms with Crippen LogP contribution >= 0.6 is 0 Å². The molecule has 0 fully saturated rings. The summed E-state index contributed by atoms with van der Waals surface area (Å²) in [5, 5.41) is 7.90. The van der Waals surface area contributed by atoms with E-state index in [1.54, 1.807) is 0 Å². The molecule has 0 atom stereocenters. The van der Waals surface area contributed by atoms with Gasteiger partial charge in [0.1, 0.15) is 5.69 Å². The van der Waals surface area contributed by atoms with Crippen LogP contribution in [0.3, 0.4) is 0 Å². The van der Waals surface area contributed by atoms with Crippen molar-refractivity contribution in [3.05, 3.63) is 114 Å². The van der Waals surface area contributed by atoms with Crippen LogP contribution in [0.15, 0.2) is 103 Å². The van der Waals surface area contributed by atoms with Gasteiger partial charge in [0.2, 0.25) is 5.78 Å². The summed E-state index contributed by atoms with van der Waals surface area (Å²) in [6.45, 7) is 0. The average Bonchev–Trinajstić information content (AvgIpc) is 2.80. The van der Waals surface area contributed by atoms with Gasteiger partial charge in [-0.2, -0.15) is 0 Å². The zero-order valence-electron chi connectivity index (χ0n) is 16.2. The number of rotatable bonds is 2. The Labute approximate surface area is 173 Å². The normalized spacial score (nSPS) is 11.5. The highest BCUT2D eigenvalue weighted by Gasteiger charge is 2.13. The zero-order valence-corrected chi connectivity index (χ0v) is 16.2. The molecular weight excluding hydrogens is 366 g/mol. The van der Waals surface area contributed by atoms with E-state index < -0.39 is 0 Å². The second kappa shape index (κ2) is 6.50. The lowest BCUT2D eigenvalue weighted by Crippen LogP contribution is -2.04. The van der Waals surface area contributed by atoms with Crippen LogP contribution in [-0.2, 0) is 0 Å². The first-order valence-electron chi connectivity index (χ1n) is 10.0. The third-order valence-corrected chi connectivity index (χ3v) is 5.76. The predicted molar refractivity (Wildman–Crippen MR) is 124 cm³/mol. The number of benzene rings is 5. The van der Waals surface area contributed by atoms with E-state index in [9.17, 15) is 4.79 Å². The topological polar surface area (TPSA) is 30.0 Å². The predicted octanol–water partition coefficient (Wildman–Crippen LogP) is 6.93. The third kappa shape index (κ3) is 2.73. The quantitative estimate of drug-likeness (QED) is 0.240. The number of hydrogen-bond donors (Lipinski definition) is 0.